The Balaban J connectivity index is 2.62. The van der Waals surface area contributed by atoms with Gasteiger partial charge in [0.25, 0.3) is 5.56 Å². The van der Waals surface area contributed by atoms with Gasteiger partial charge in [0, 0.05) is 12.6 Å². The SMILES string of the molecule is COc1ccc(-c2cc(C(=N)N)c(=O)n(C)n2)cc1OC. The lowest BCUT2D eigenvalue weighted by molar-refractivity contribution is 0.355. The molecular weight excluding hydrogens is 272 g/mol. The summed E-state index contributed by atoms with van der Waals surface area (Å²) in [5.41, 5.74) is 6.37. The lowest BCUT2D eigenvalue weighted by Gasteiger charge is -2.10. The molecule has 0 amide bonds. The van der Waals surface area contributed by atoms with Crippen molar-refractivity contribution in [3.05, 3.63) is 40.2 Å². The zero-order chi connectivity index (χ0) is 15.6. The van der Waals surface area contributed by atoms with Crippen molar-refractivity contribution >= 4 is 5.84 Å². The van der Waals surface area contributed by atoms with Crippen LogP contribution in [0.5, 0.6) is 11.5 Å². The van der Waals surface area contributed by atoms with Gasteiger partial charge in [-0.25, -0.2) is 4.68 Å². The van der Waals surface area contributed by atoms with Crippen molar-refractivity contribution in [1.82, 2.24) is 9.78 Å². The summed E-state index contributed by atoms with van der Waals surface area (Å²) in [4.78, 5) is 11.9. The van der Waals surface area contributed by atoms with E-state index in [0.717, 1.165) is 10.2 Å². The number of nitrogens with two attached hydrogens (primary N) is 1. The van der Waals surface area contributed by atoms with Gasteiger partial charge in [-0.15, -0.1) is 0 Å². The number of rotatable bonds is 4. The topological polar surface area (TPSA) is 103 Å². The first kappa shape index (κ1) is 14.6. The number of aryl methyl sites for hydroxylation is 1. The molecule has 2 rings (SSSR count). The van der Waals surface area contributed by atoms with Crippen molar-refractivity contribution in [2.75, 3.05) is 14.2 Å². The van der Waals surface area contributed by atoms with Gasteiger partial charge in [0.2, 0.25) is 0 Å². The molecule has 2 aromatic rings. The van der Waals surface area contributed by atoms with Gasteiger partial charge in [-0.1, -0.05) is 0 Å². The standard InChI is InChI=1S/C14H16N4O3/c1-18-14(19)9(13(15)16)7-10(17-18)8-4-5-11(20-2)12(6-8)21-3/h4-7H,1-3H3,(H3,15,16). The molecule has 1 heterocycles. The van der Waals surface area contributed by atoms with E-state index in [9.17, 15) is 4.79 Å². The number of ether oxygens (including phenoxy) is 2. The van der Waals surface area contributed by atoms with E-state index in [0.29, 0.717) is 17.2 Å². The first-order valence-electron chi connectivity index (χ1n) is 6.13. The molecule has 0 aliphatic carbocycles. The number of hydrogen-bond donors (Lipinski definition) is 2. The maximum atomic E-state index is 11.9. The fourth-order valence-corrected chi connectivity index (χ4v) is 1.94. The Morgan fingerprint density at radius 3 is 2.48 bits per heavy atom. The highest BCUT2D eigenvalue weighted by molar-refractivity contribution is 5.95. The predicted octanol–water partition coefficient (Wildman–Crippen LogP) is 0.749. The van der Waals surface area contributed by atoms with E-state index in [-0.39, 0.29) is 11.4 Å². The van der Waals surface area contributed by atoms with Crippen LogP contribution >= 0.6 is 0 Å². The van der Waals surface area contributed by atoms with Crippen LogP contribution in [0.4, 0.5) is 0 Å². The van der Waals surface area contributed by atoms with Crippen molar-refractivity contribution in [1.29, 1.82) is 5.41 Å². The Labute approximate surface area is 121 Å². The molecule has 0 unspecified atom stereocenters. The second-order valence-corrected chi connectivity index (χ2v) is 4.36. The Morgan fingerprint density at radius 1 is 1.24 bits per heavy atom. The molecule has 0 spiro atoms. The third-order valence-corrected chi connectivity index (χ3v) is 3.03. The summed E-state index contributed by atoms with van der Waals surface area (Å²) >= 11 is 0. The molecule has 110 valence electrons. The number of hydrogen-bond acceptors (Lipinski definition) is 5. The Bertz CT molecular complexity index is 752. The Hall–Kier alpha value is -2.83. The van der Waals surface area contributed by atoms with Crippen molar-refractivity contribution < 1.29 is 9.47 Å². The lowest BCUT2D eigenvalue weighted by Crippen LogP contribution is -2.29. The average molecular weight is 288 g/mol. The predicted molar refractivity (Wildman–Crippen MR) is 79.0 cm³/mol. The minimum Gasteiger partial charge on any atom is -0.493 e. The van der Waals surface area contributed by atoms with Crippen LogP contribution in [0.3, 0.4) is 0 Å². The molecule has 7 heteroatoms. The van der Waals surface area contributed by atoms with E-state index in [1.54, 1.807) is 25.3 Å². The number of amidine groups is 1. The van der Waals surface area contributed by atoms with Gasteiger partial charge in [-0.2, -0.15) is 5.10 Å². The second kappa shape index (κ2) is 5.66. The summed E-state index contributed by atoms with van der Waals surface area (Å²) in [5.74, 6) is 0.854. The smallest absolute Gasteiger partial charge is 0.277 e. The van der Waals surface area contributed by atoms with Gasteiger partial charge in [-0.3, -0.25) is 10.2 Å². The van der Waals surface area contributed by atoms with Crippen molar-refractivity contribution in [3.8, 4) is 22.8 Å². The van der Waals surface area contributed by atoms with Crippen LogP contribution in [0.25, 0.3) is 11.3 Å². The number of benzene rings is 1. The Morgan fingerprint density at radius 2 is 1.90 bits per heavy atom. The number of aromatic nitrogens is 2. The van der Waals surface area contributed by atoms with Gasteiger partial charge in [0.1, 0.15) is 5.84 Å². The summed E-state index contributed by atoms with van der Waals surface area (Å²) < 4.78 is 11.6. The molecule has 0 aliphatic heterocycles. The summed E-state index contributed by atoms with van der Waals surface area (Å²) in [6, 6.07) is 6.77. The second-order valence-electron chi connectivity index (χ2n) is 4.36. The van der Waals surface area contributed by atoms with Crippen LogP contribution in [0.2, 0.25) is 0 Å². The molecule has 1 aromatic heterocycles. The van der Waals surface area contributed by atoms with E-state index >= 15 is 0 Å². The maximum absolute atomic E-state index is 11.9. The van der Waals surface area contributed by atoms with Crippen molar-refractivity contribution in [3.63, 3.8) is 0 Å². The fourth-order valence-electron chi connectivity index (χ4n) is 1.94. The lowest BCUT2D eigenvalue weighted by atomic mass is 10.1. The van der Waals surface area contributed by atoms with E-state index in [1.165, 1.54) is 20.2 Å². The van der Waals surface area contributed by atoms with Crippen molar-refractivity contribution in [2.45, 2.75) is 0 Å². The normalized spacial score (nSPS) is 10.2. The van der Waals surface area contributed by atoms with E-state index in [4.69, 9.17) is 20.6 Å². The van der Waals surface area contributed by atoms with E-state index < -0.39 is 5.56 Å². The number of nitrogen functional groups attached to an aromatic ring is 1. The molecule has 0 fully saturated rings. The van der Waals surface area contributed by atoms with Gasteiger partial charge in [-0.05, 0) is 24.3 Å². The van der Waals surface area contributed by atoms with Gasteiger partial charge >= 0.3 is 0 Å². The van der Waals surface area contributed by atoms with Crippen LogP contribution < -0.4 is 20.8 Å². The first-order chi connectivity index (χ1) is 9.97. The number of nitrogens with one attached hydrogen (secondary N) is 1. The molecular formula is C14H16N4O3. The fraction of sp³-hybridized carbons (Fsp3) is 0.214. The van der Waals surface area contributed by atoms with Crippen LogP contribution in [-0.4, -0.2) is 29.8 Å². The molecule has 0 aliphatic rings. The zero-order valence-corrected chi connectivity index (χ0v) is 12.0. The molecule has 0 saturated heterocycles. The molecule has 3 N–H and O–H groups in total. The third-order valence-electron chi connectivity index (χ3n) is 3.03. The summed E-state index contributed by atoms with van der Waals surface area (Å²) in [5, 5.41) is 11.6. The molecule has 0 atom stereocenters. The first-order valence-corrected chi connectivity index (χ1v) is 6.13. The largest absolute Gasteiger partial charge is 0.493 e. The summed E-state index contributed by atoms with van der Waals surface area (Å²) in [7, 11) is 4.60. The summed E-state index contributed by atoms with van der Waals surface area (Å²) in [6.07, 6.45) is 0. The quantitative estimate of drug-likeness (QED) is 0.638. The molecule has 21 heavy (non-hydrogen) atoms. The molecule has 1 aromatic carbocycles. The van der Waals surface area contributed by atoms with E-state index in [1.807, 2.05) is 0 Å². The Kier molecular flexibility index (Phi) is 3.93. The van der Waals surface area contributed by atoms with E-state index in [2.05, 4.69) is 5.10 Å². The molecule has 0 bridgehead atoms. The van der Waals surface area contributed by atoms with Gasteiger partial charge in [0.15, 0.2) is 11.5 Å². The van der Waals surface area contributed by atoms with Crippen LogP contribution in [0, 0.1) is 5.41 Å². The van der Waals surface area contributed by atoms with Crippen molar-refractivity contribution in [2.24, 2.45) is 12.8 Å². The summed E-state index contributed by atoms with van der Waals surface area (Å²) in [6.45, 7) is 0. The zero-order valence-electron chi connectivity index (χ0n) is 12.0. The highest BCUT2D eigenvalue weighted by atomic mass is 16.5. The third kappa shape index (κ3) is 2.71. The number of methoxy groups -OCH3 is 2. The number of nitrogens with zero attached hydrogens (tertiary/aromatic N) is 2. The monoisotopic (exact) mass is 288 g/mol. The minimum atomic E-state index is -0.410. The van der Waals surface area contributed by atoms with Crippen LogP contribution in [0.1, 0.15) is 5.56 Å². The maximum Gasteiger partial charge on any atom is 0.277 e. The van der Waals surface area contributed by atoms with Gasteiger partial charge in [0.05, 0.1) is 25.5 Å². The highest BCUT2D eigenvalue weighted by Gasteiger charge is 2.12. The average Bonchev–Trinajstić information content (AvgIpc) is 2.48. The molecule has 7 nitrogen and oxygen atoms in total. The molecule has 0 saturated carbocycles. The van der Waals surface area contributed by atoms with Crippen LogP contribution in [0.15, 0.2) is 29.1 Å². The molecule has 0 radical (unpaired) electrons. The highest BCUT2D eigenvalue weighted by Crippen LogP contribution is 2.31. The van der Waals surface area contributed by atoms with Crippen LogP contribution in [-0.2, 0) is 7.05 Å². The van der Waals surface area contributed by atoms with Gasteiger partial charge < -0.3 is 15.2 Å². The minimum absolute atomic E-state index is 0.109.